The zero-order valence-electron chi connectivity index (χ0n) is 24.4. The van der Waals surface area contributed by atoms with E-state index in [0.29, 0.717) is 30.2 Å². The highest BCUT2D eigenvalue weighted by Crippen LogP contribution is 2.37. The van der Waals surface area contributed by atoms with Crippen molar-refractivity contribution in [3.63, 3.8) is 0 Å². The van der Waals surface area contributed by atoms with Crippen molar-refractivity contribution >= 4 is 40.4 Å². The Bertz CT molecular complexity index is 1520. The molecule has 13 nitrogen and oxygen atoms in total. The second kappa shape index (κ2) is 13.6. The predicted octanol–water partition coefficient (Wildman–Crippen LogP) is 1.78. The fourth-order valence-electron chi connectivity index (χ4n) is 5.19. The van der Waals surface area contributed by atoms with E-state index in [1.165, 1.54) is 19.1 Å². The smallest absolute Gasteiger partial charge is 0.251 e. The van der Waals surface area contributed by atoms with E-state index in [0.717, 1.165) is 18.8 Å². The monoisotopic (exact) mass is 641 g/mol. The summed E-state index contributed by atoms with van der Waals surface area (Å²) in [4.78, 5) is 16.2. The van der Waals surface area contributed by atoms with Crippen molar-refractivity contribution in [3.8, 4) is 5.75 Å². The number of morpholine rings is 1. The number of amides is 1. The van der Waals surface area contributed by atoms with Crippen molar-refractivity contribution in [2.24, 2.45) is 5.73 Å². The van der Waals surface area contributed by atoms with Crippen molar-refractivity contribution in [3.05, 3.63) is 82.9 Å². The van der Waals surface area contributed by atoms with Crippen LogP contribution in [0.25, 0.3) is 0 Å². The number of rotatable bonds is 9. The number of para-hydroxylation sites is 1. The number of aliphatic hydroxyl groups is 4. The maximum Gasteiger partial charge on any atom is 0.251 e. The molecule has 1 amide bonds. The van der Waals surface area contributed by atoms with Gasteiger partial charge in [0.15, 0.2) is 6.29 Å². The lowest BCUT2D eigenvalue weighted by Crippen LogP contribution is -2.65. The van der Waals surface area contributed by atoms with E-state index in [4.69, 9.17) is 37.0 Å². The maximum absolute atomic E-state index is 14.0. The average molecular weight is 642 g/mol. The van der Waals surface area contributed by atoms with Gasteiger partial charge >= 0.3 is 0 Å². The summed E-state index contributed by atoms with van der Waals surface area (Å²) in [6, 6.07) is 17.3. The minimum absolute atomic E-state index is 0.0593. The molecule has 2 fully saturated rings. The summed E-state index contributed by atoms with van der Waals surface area (Å²) in [5.41, 5.74) is 8.16. The van der Waals surface area contributed by atoms with Gasteiger partial charge in [-0.15, -0.1) is 0 Å². The first-order valence-electron chi connectivity index (χ1n) is 14.3. The number of nitrogens with one attached hydrogen (secondary N) is 3. The van der Waals surface area contributed by atoms with Crippen LogP contribution >= 0.6 is 11.6 Å². The third kappa shape index (κ3) is 7.15. The summed E-state index contributed by atoms with van der Waals surface area (Å²) in [5, 5.41) is 55.3. The van der Waals surface area contributed by atoms with Gasteiger partial charge in [-0.3, -0.25) is 10.2 Å². The molecule has 2 heterocycles. The van der Waals surface area contributed by atoms with Crippen molar-refractivity contribution in [1.29, 1.82) is 5.41 Å². The predicted molar refractivity (Wildman–Crippen MR) is 168 cm³/mol. The number of hydrogen-bond donors (Lipinski definition) is 8. The molecule has 0 radical (unpaired) electrons. The maximum atomic E-state index is 14.0. The molecule has 9 N–H and O–H groups in total. The van der Waals surface area contributed by atoms with Crippen LogP contribution < -0.4 is 26.0 Å². The summed E-state index contributed by atoms with van der Waals surface area (Å²) in [6.07, 6.45) is -7.17. The Kier molecular flexibility index (Phi) is 9.79. The number of amidine groups is 1. The van der Waals surface area contributed by atoms with Crippen LogP contribution in [0.5, 0.6) is 5.75 Å². The van der Waals surface area contributed by atoms with Gasteiger partial charge < -0.3 is 55.9 Å². The molecule has 2 aliphatic rings. The van der Waals surface area contributed by atoms with Crippen LogP contribution in [0, 0.1) is 5.41 Å². The molecule has 0 aliphatic carbocycles. The number of benzene rings is 3. The van der Waals surface area contributed by atoms with E-state index in [9.17, 15) is 25.2 Å². The third-order valence-electron chi connectivity index (χ3n) is 7.75. The van der Waals surface area contributed by atoms with Gasteiger partial charge in [-0.1, -0.05) is 29.8 Å². The second-order valence-electron chi connectivity index (χ2n) is 10.9. The molecular weight excluding hydrogens is 606 g/mol. The Morgan fingerprint density at radius 1 is 1.07 bits per heavy atom. The first kappa shape index (κ1) is 32.4. The first-order chi connectivity index (χ1) is 21.5. The highest BCUT2D eigenvalue weighted by molar-refractivity contribution is 6.33. The molecule has 0 aromatic heterocycles. The van der Waals surface area contributed by atoms with E-state index in [1.54, 1.807) is 42.5 Å². The molecule has 0 spiro atoms. The molecule has 2 aliphatic heterocycles. The average Bonchev–Trinajstić information content (AvgIpc) is 3.03. The quantitative estimate of drug-likeness (QED) is 0.125. The van der Waals surface area contributed by atoms with Crippen LogP contribution in [0.3, 0.4) is 0 Å². The molecule has 6 unspecified atom stereocenters. The van der Waals surface area contributed by atoms with Crippen molar-refractivity contribution in [2.45, 2.75) is 43.4 Å². The third-order valence-corrected chi connectivity index (χ3v) is 8.08. The van der Waals surface area contributed by atoms with Gasteiger partial charge in [0.05, 0.1) is 23.9 Å². The lowest BCUT2D eigenvalue weighted by molar-refractivity contribution is -0.366. The molecule has 240 valence electrons. The minimum Gasteiger partial charge on any atom is -0.459 e. The van der Waals surface area contributed by atoms with Crippen LogP contribution in [0.1, 0.15) is 24.1 Å². The van der Waals surface area contributed by atoms with Crippen LogP contribution in [-0.2, 0) is 14.3 Å². The summed E-state index contributed by atoms with van der Waals surface area (Å²) < 4.78 is 16.9. The SMILES string of the molecule is CC1(Oc2ccccc2C(Nc2cc(C(=N)N)ccc2Cl)C(=O)Nc2ccc(N3CCOCC3)cc2)OC(O)C(O)C(O)C1O. The number of ether oxygens (including phenoxy) is 3. The van der Waals surface area contributed by atoms with E-state index in [1.807, 2.05) is 12.1 Å². The normalized spacial score (nSPS) is 25.7. The molecular formula is C31H36ClN5O8. The largest absolute Gasteiger partial charge is 0.459 e. The lowest BCUT2D eigenvalue weighted by Gasteiger charge is -2.45. The fourth-order valence-corrected chi connectivity index (χ4v) is 5.37. The Morgan fingerprint density at radius 3 is 2.44 bits per heavy atom. The van der Waals surface area contributed by atoms with Gasteiger partial charge in [0, 0.05) is 42.5 Å². The van der Waals surface area contributed by atoms with E-state index < -0.39 is 42.3 Å². The van der Waals surface area contributed by atoms with Crippen LogP contribution in [0.4, 0.5) is 17.1 Å². The van der Waals surface area contributed by atoms with Crippen LogP contribution in [0.2, 0.25) is 5.02 Å². The highest BCUT2D eigenvalue weighted by atomic mass is 35.5. The van der Waals surface area contributed by atoms with Gasteiger partial charge in [-0.2, -0.15) is 0 Å². The molecule has 3 aromatic carbocycles. The second-order valence-corrected chi connectivity index (χ2v) is 11.3. The lowest BCUT2D eigenvalue weighted by atomic mass is 9.96. The minimum atomic E-state index is -2.02. The number of nitrogens with zero attached hydrogens (tertiary/aromatic N) is 1. The van der Waals surface area contributed by atoms with Crippen LogP contribution in [-0.4, -0.2) is 88.9 Å². The molecule has 14 heteroatoms. The van der Waals surface area contributed by atoms with Gasteiger partial charge in [-0.25, -0.2) is 0 Å². The summed E-state index contributed by atoms with van der Waals surface area (Å²) in [6.45, 7) is 4.09. The molecule has 3 aromatic rings. The molecule has 6 atom stereocenters. The van der Waals surface area contributed by atoms with E-state index in [-0.39, 0.29) is 22.2 Å². The van der Waals surface area contributed by atoms with E-state index >= 15 is 0 Å². The topological polar surface area (TPSA) is 203 Å². The zero-order chi connectivity index (χ0) is 32.3. The number of carbonyl (C=O) groups is 1. The van der Waals surface area contributed by atoms with Crippen molar-refractivity contribution in [1.82, 2.24) is 0 Å². The van der Waals surface area contributed by atoms with Crippen LogP contribution in [0.15, 0.2) is 66.7 Å². The molecule has 0 saturated carbocycles. The van der Waals surface area contributed by atoms with Crippen molar-refractivity contribution in [2.75, 3.05) is 41.8 Å². The first-order valence-corrected chi connectivity index (χ1v) is 14.7. The van der Waals surface area contributed by atoms with Crippen molar-refractivity contribution < 1.29 is 39.4 Å². The standard InChI is InChI=1S/C31H36ClN5O8/c1-31(27(40)25(38)26(39)30(42)45-31)44-23-5-3-2-4-20(23)24(36-22-16-17(28(33)34)6-11-21(22)32)29(41)35-18-7-9-19(10-8-18)37-12-14-43-15-13-37/h2-11,16,24-27,30,36,38-40,42H,12-15H2,1H3,(H3,33,34)(H,35,41). The van der Waals surface area contributed by atoms with Gasteiger partial charge in [-0.05, 0) is 48.5 Å². The van der Waals surface area contributed by atoms with Gasteiger partial charge in [0.25, 0.3) is 5.91 Å². The number of carbonyl (C=O) groups excluding carboxylic acids is 1. The van der Waals surface area contributed by atoms with Gasteiger partial charge in [0.2, 0.25) is 5.79 Å². The number of nitrogens with two attached hydrogens (primary N) is 1. The Morgan fingerprint density at radius 2 is 1.76 bits per heavy atom. The van der Waals surface area contributed by atoms with Gasteiger partial charge in [0.1, 0.15) is 35.9 Å². The Balaban J connectivity index is 1.48. The number of nitrogen functional groups attached to an aromatic ring is 1. The summed E-state index contributed by atoms with van der Waals surface area (Å²) in [5.74, 6) is -2.67. The number of hydrogen-bond acceptors (Lipinski definition) is 11. The Labute approximate surface area is 264 Å². The zero-order valence-corrected chi connectivity index (χ0v) is 25.1. The highest BCUT2D eigenvalue weighted by Gasteiger charge is 2.52. The molecule has 45 heavy (non-hydrogen) atoms. The number of anilines is 3. The molecule has 2 saturated heterocycles. The number of aliphatic hydroxyl groups excluding tert-OH is 4. The molecule has 5 rings (SSSR count). The fraction of sp³-hybridized carbons (Fsp3) is 0.355. The molecule has 0 bridgehead atoms. The Hall–Kier alpha value is -3.95. The van der Waals surface area contributed by atoms with E-state index in [2.05, 4.69) is 15.5 Å². The summed E-state index contributed by atoms with van der Waals surface area (Å²) >= 11 is 6.49. The number of halogens is 1. The summed E-state index contributed by atoms with van der Waals surface area (Å²) in [7, 11) is 0.